The van der Waals surface area contributed by atoms with Crippen LogP contribution in [0.3, 0.4) is 0 Å². The summed E-state index contributed by atoms with van der Waals surface area (Å²) in [6.07, 6.45) is -2.90. The predicted octanol–water partition coefficient (Wildman–Crippen LogP) is 4.46. The van der Waals surface area contributed by atoms with Gasteiger partial charge in [-0.15, -0.1) is 0 Å². The number of nitro benzene ring substituents is 1. The summed E-state index contributed by atoms with van der Waals surface area (Å²) >= 11 is 0. The highest BCUT2D eigenvalue weighted by molar-refractivity contribution is 5.55. The minimum absolute atomic E-state index is 0.245. The molecule has 0 aliphatic heterocycles. The smallest absolute Gasteiger partial charge is 0.385 e. The van der Waals surface area contributed by atoms with E-state index in [9.17, 15) is 23.3 Å². The van der Waals surface area contributed by atoms with Crippen molar-refractivity contribution in [3.05, 3.63) is 33.9 Å². The molecule has 4 nitrogen and oxygen atoms in total. The lowest BCUT2D eigenvalue weighted by molar-refractivity contribution is -0.388. The molecule has 1 rings (SSSR count). The highest BCUT2D eigenvalue weighted by atomic mass is 19.4. The summed E-state index contributed by atoms with van der Waals surface area (Å²) < 4.78 is 38.4. The van der Waals surface area contributed by atoms with Crippen molar-refractivity contribution in [1.82, 2.24) is 0 Å². The van der Waals surface area contributed by atoms with Crippen LogP contribution < -0.4 is 5.32 Å². The molecule has 1 N–H and O–H groups in total. The van der Waals surface area contributed by atoms with Gasteiger partial charge in [0.15, 0.2) is 0 Å². The Hall–Kier alpha value is -1.79. The largest absolute Gasteiger partial charge is 0.423 e. The number of halogens is 3. The maximum absolute atomic E-state index is 12.8. The van der Waals surface area contributed by atoms with Gasteiger partial charge in [0, 0.05) is 18.3 Å². The number of hydrogen-bond donors (Lipinski definition) is 1. The minimum Gasteiger partial charge on any atom is -0.385 e. The first-order valence-electron chi connectivity index (χ1n) is 6.39. The van der Waals surface area contributed by atoms with Gasteiger partial charge in [0.2, 0.25) is 0 Å². The number of anilines is 1. The number of nitrogens with zero attached hydrogens (tertiary/aromatic N) is 1. The lowest BCUT2D eigenvalue weighted by Gasteiger charge is -2.15. The molecular formula is C13H17F3N2O2. The third-order valence-electron chi connectivity index (χ3n) is 3.25. The number of nitro groups is 1. The van der Waals surface area contributed by atoms with E-state index in [1.165, 1.54) is 6.07 Å². The lowest BCUT2D eigenvalue weighted by Crippen LogP contribution is -2.14. The summed E-state index contributed by atoms with van der Waals surface area (Å²) in [6, 6.07) is 2.98. The molecule has 0 atom stereocenters. The number of hydrogen-bond acceptors (Lipinski definition) is 3. The van der Waals surface area contributed by atoms with Crippen molar-refractivity contribution >= 4 is 11.4 Å². The molecule has 0 saturated carbocycles. The van der Waals surface area contributed by atoms with E-state index in [0.29, 0.717) is 12.5 Å². The number of benzene rings is 1. The van der Waals surface area contributed by atoms with E-state index in [2.05, 4.69) is 5.32 Å². The van der Waals surface area contributed by atoms with E-state index < -0.39 is 22.4 Å². The van der Waals surface area contributed by atoms with Crippen LogP contribution >= 0.6 is 0 Å². The van der Waals surface area contributed by atoms with Gasteiger partial charge < -0.3 is 5.32 Å². The SMILES string of the molecule is CCC(CC)CNc1ccc([N+](=O)[O-])c(C(F)(F)F)c1. The Kier molecular flexibility index (Phi) is 5.35. The van der Waals surface area contributed by atoms with Gasteiger partial charge in [0.25, 0.3) is 5.69 Å². The van der Waals surface area contributed by atoms with E-state index in [1.807, 2.05) is 13.8 Å². The Morgan fingerprint density at radius 1 is 1.30 bits per heavy atom. The zero-order chi connectivity index (χ0) is 15.3. The van der Waals surface area contributed by atoms with Crippen LogP contribution in [0, 0.1) is 16.0 Å². The molecular weight excluding hydrogens is 273 g/mol. The second-order valence-corrected chi connectivity index (χ2v) is 4.55. The first-order valence-corrected chi connectivity index (χ1v) is 6.39. The minimum atomic E-state index is -4.74. The fourth-order valence-corrected chi connectivity index (χ4v) is 1.87. The summed E-state index contributed by atoms with van der Waals surface area (Å²) in [5.74, 6) is 0.361. The van der Waals surface area contributed by atoms with Crippen molar-refractivity contribution in [3.63, 3.8) is 0 Å². The molecule has 0 aliphatic carbocycles. The number of rotatable bonds is 6. The van der Waals surface area contributed by atoms with Crippen LogP contribution in [0.5, 0.6) is 0 Å². The maximum atomic E-state index is 12.8. The molecule has 20 heavy (non-hydrogen) atoms. The van der Waals surface area contributed by atoms with Gasteiger partial charge >= 0.3 is 6.18 Å². The third-order valence-corrected chi connectivity index (χ3v) is 3.25. The summed E-state index contributed by atoms with van der Waals surface area (Å²) in [6.45, 7) is 4.56. The van der Waals surface area contributed by atoms with E-state index in [0.717, 1.165) is 25.0 Å². The van der Waals surface area contributed by atoms with Gasteiger partial charge in [-0.1, -0.05) is 26.7 Å². The normalized spacial score (nSPS) is 11.7. The third kappa shape index (κ3) is 4.11. The van der Waals surface area contributed by atoms with Crippen LogP contribution in [-0.2, 0) is 6.18 Å². The summed E-state index contributed by atoms with van der Waals surface area (Å²) in [5, 5.41) is 13.5. The first-order chi connectivity index (χ1) is 9.29. The molecule has 1 aromatic carbocycles. The molecule has 0 unspecified atom stereocenters. The quantitative estimate of drug-likeness (QED) is 0.621. The molecule has 1 aromatic rings. The molecule has 0 fully saturated rings. The zero-order valence-corrected chi connectivity index (χ0v) is 11.3. The standard InChI is InChI=1S/C13H17F3N2O2/c1-3-9(4-2)8-17-10-5-6-12(18(19)20)11(7-10)13(14,15)16/h5-7,9,17H,3-4,8H2,1-2H3. The molecule has 0 aromatic heterocycles. The lowest BCUT2D eigenvalue weighted by atomic mass is 10.0. The Morgan fingerprint density at radius 2 is 1.90 bits per heavy atom. The van der Waals surface area contributed by atoms with E-state index in [-0.39, 0.29) is 5.69 Å². The Labute approximate surface area is 115 Å². The average molecular weight is 290 g/mol. The fourth-order valence-electron chi connectivity index (χ4n) is 1.87. The van der Waals surface area contributed by atoms with Crippen LogP contribution in [0.25, 0.3) is 0 Å². The maximum Gasteiger partial charge on any atom is 0.423 e. The number of alkyl halides is 3. The molecule has 0 bridgehead atoms. The van der Waals surface area contributed by atoms with Crippen molar-refractivity contribution in [3.8, 4) is 0 Å². The van der Waals surface area contributed by atoms with Crippen molar-refractivity contribution in [1.29, 1.82) is 0 Å². The first kappa shape index (κ1) is 16.3. The molecule has 0 radical (unpaired) electrons. The summed E-state index contributed by atoms with van der Waals surface area (Å²) in [5.41, 5.74) is -1.91. The molecule has 0 amide bonds. The predicted molar refractivity (Wildman–Crippen MR) is 70.7 cm³/mol. The second-order valence-electron chi connectivity index (χ2n) is 4.55. The van der Waals surface area contributed by atoms with Gasteiger partial charge in [-0.3, -0.25) is 10.1 Å². The van der Waals surface area contributed by atoms with Crippen molar-refractivity contribution in [2.45, 2.75) is 32.9 Å². The summed E-state index contributed by atoms with van der Waals surface area (Å²) in [4.78, 5) is 9.60. The molecule has 112 valence electrons. The average Bonchev–Trinajstić information content (AvgIpc) is 2.38. The zero-order valence-electron chi connectivity index (χ0n) is 11.3. The number of nitrogens with one attached hydrogen (secondary N) is 1. The Balaban J connectivity index is 2.98. The van der Waals surface area contributed by atoms with Crippen molar-refractivity contribution < 1.29 is 18.1 Å². The van der Waals surface area contributed by atoms with Crippen molar-refractivity contribution in [2.75, 3.05) is 11.9 Å². The van der Waals surface area contributed by atoms with E-state index >= 15 is 0 Å². The van der Waals surface area contributed by atoms with Crippen LogP contribution in [0.4, 0.5) is 24.5 Å². The second kappa shape index (κ2) is 6.58. The highest BCUT2D eigenvalue weighted by Crippen LogP contribution is 2.37. The van der Waals surface area contributed by atoms with Crippen molar-refractivity contribution in [2.24, 2.45) is 5.92 Å². The summed E-state index contributed by atoms with van der Waals surface area (Å²) in [7, 11) is 0. The van der Waals surface area contributed by atoms with E-state index in [4.69, 9.17) is 0 Å². The van der Waals surface area contributed by atoms with Crippen LogP contribution in [0.2, 0.25) is 0 Å². The Morgan fingerprint density at radius 3 is 2.35 bits per heavy atom. The van der Waals surface area contributed by atoms with Crippen LogP contribution in [0.1, 0.15) is 32.3 Å². The van der Waals surface area contributed by atoms with Gasteiger partial charge in [-0.2, -0.15) is 13.2 Å². The Bertz CT molecular complexity index is 471. The van der Waals surface area contributed by atoms with Gasteiger partial charge in [-0.25, -0.2) is 0 Å². The molecule has 0 saturated heterocycles. The van der Waals surface area contributed by atoms with Gasteiger partial charge in [0.1, 0.15) is 5.56 Å². The molecule has 0 heterocycles. The van der Waals surface area contributed by atoms with E-state index in [1.54, 1.807) is 0 Å². The van der Waals surface area contributed by atoms with Gasteiger partial charge in [0.05, 0.1) is 4.92 Å². The van der Waals surface area contributed by atoms with Gasteiger partial charge in [-0.05, 0) is 18.1 Å². The highest BCUT2D eigenvalue weighted by Gasteiger charge is 2.38. The molecule has 7 heteroatoms. The molecule has 0 spiro atoms. The topological polar surface area (TPSA) is 55.2 Å². The molecule has 0 aliphatic rings. The van der Waals surface area contributed by atoms with Crippen LogP contribution in [0.15, 0.2) is 18.2 Å². The van der Waals surface area contributed by atoms with Crippen LogP contribution in [-0.4, -0.2) is 11.5 Å². The fraction of sp³-hybridized carbons (Fsp3) is 0.538. The monoisotopic (exact) mass is 290 g/mol.